The molecule has 0 aromatic heterocycles. The Morgan fingerprint density at radius 3 is 2.17 bits per heavy atom. The number of rotatable bonds is 4. The summed E-state index contributed by atoms with van der Waals surface area (Å²) >= 11 is 3.44. The number of hydrogen-bond donors (Lipinski definition) is 2. The third-order valence-electron chi connectivity index (χ3n) is 6.03. The predicted molar refractivity (Wildman–Crippen MR) is 95.3 cm³/mol. The zero-order chi connectivity index (χ0) is 15.9. The van der Waals surface area contributed by atoms with Gasteiger partial charge in [-0.3, -0.25) is 0 Å². The third-order valence-corrected chi connectivity index (χ3v) is 6.56. The van der Waals surface area contributed by atoms with Crippen LogP contribution in [0.4, 0.5) is 4.79 Å². The SMILES string of the molecule is O=C(NCCc1ccc(Br)cc1)NC12CC3CC(CC(C3)C1)C2. The molecule has 0 unspecified atom stereocenters. The van der Waals surface area contributed by atoms with E-state index >= 15 is 0 Å². The maximum absolute atomic E-state index is 12.3. The van der Waals surface area contributed by atoms with Gasteiger partial charge in [-0.1, -0.05) is 28.1 Å². The molecule has 0 atom stereocenters. The molecule has 4 aliphatic rings. The smallest absolute Gasteiger partial charge is 0.315 e. The molecule has 0 aliphatic heterocycles. The molecule has 4 heteroatoms. The monoisotopic (exact) mass is 376 g/mol. The summed E-state index contributed by atoms with van der Waals surface area (Å²) in [5.74, 6) is 2.60. The first-order valence-corrected chi connectivity index (χ1v) is 9.70. The minimum absolute atomic E-state index is 0.0315. The van der Waals surface area contributed by atoms with Gasteiger partial charge in [0, 0.05) is 16.6 Å². The van der Waals surface area contributed by atoms with Crippen molar-refractivity contribution in [3.8, 4) is 0 Å². The average Bonchev–Trinajstić information content (AvgIpc) is 2.47. The summed E-state index contributed by atoms with van der Waals surface area (Å²) < 4.78 is 1.09. The van der Waals surface area contributed by atoms with E-state index in [1.807, 2.05) is 12.1 Å². The van der Waals surface area contributed by atoms with Crippen LogP contribution in [0.25, 0.3) is 0 Å². The summed E-state index contributed by atoms with van der Waals surface area (Å²) in [6.07, 6.45) is 8.73. The molecule has 4 fully saturated rings. The van der Waals surface area contributed by atoms with Gasteiger partial charge in [-0.15, -0.1) is 0 Å². The molecule has 0 spiro atoms. The largest absolute Gasteiger partial charge is 0.338 e. The number of benzene rings is 1. The van der Waals surface area contributed by atoms with Gasteiger partial charge in [0.15, 0.2) is 0 Å². The van der Waals surface area contributed by atoms with Crippen molar-refractivity contribution < 1.29 is 4.79 Å². The third kappa shape index (κ3) is 3.42. The minimum Gasteiger partial charge on any atom is -0.338 e. The van der Waals surface area contributed by atoms with E-state index in [9.17, 15) is 4.79 Å². The highest BCUT2D eigenvalue weighted by Gasteiger charge is 2.51. The van der Waals surface area contributed by atoms with Gasteiger partial charge < -0.3 is 10.6 Å². The standard InChI is InChI=1S/C19H25BrN2O/c20-17-3-1-13(2-4-17)5-6-21-18(23)22-19-10-14-7-15(11-19)9-16(8-14)12-19/h1-4,14-16H,5-12H2,(H2,21,22,23). The summed E-state index contributed by atoms with van der Waals surface area (Å²) in [4.78, 5) is 12.3. The number of carbonyl (C=O) groups is 1. The minimum atomic E-state index is 0.0315. The van der Waals surface area contributed by atoms with E-state index in [-0.39, 0.29) is 11.6 Å². The van der Waals surface area contributed by atoms with Crippen LogP contribution in [0.1, 0.15) is 44.1 Å². The van der Waals surface area contributed by atoms with E-state index in [2.05, 4.69) is 38.7 Å². The van der Waals surface area contributed by atoms with E-state index in [0.717, 1.165) is 28.6 Å². The lowest BCUT2D eigenvalue weighted by atomic mass is 9.53. The molecule has 124 valence electrons. The normalized spacial score (nSPS) is 34.4. The molecule has 0 saturated heterocycles. The number of amides is 2. The van der Waals surface area contributed by atoms with Crippen molar-refractivity contribution in [1.29, 1.82) is 0 Å². The Hall–Kier alpha value is -1.03. The van der Waals surface area contributed by atoms with Gasteiger partial charge in [0.25, 0.3) is 0 Å². The Morgan fingerprint density at radius 2 is 1.61 bits per heavy atom. The van der Waals surface area contributed by atoms with Crippen molar-refractivity contribution >= 4 is 22.0 Å². The summed E-state index contributed by atoms with van der Waals surface area (Å²) in [7, 11) is 0. The first-order chi connectivity index (χ1) is 11.1. The molecule has 0 heterocycles. The maximum atomic E-state index is 12.3. The van der Waals surface area contributed by atoms with Crippen LogP contribution >= 0.6 is 15.9 Å². The number of nitrogens with one attached hydrogen (secondary N) is 2. The molecular formula is C19H25BrN2O. The second-order valence-electron chi connectivity index (χ2n) is 7.96. The maximum Gasteiger partial charge on any atom is 0.315 e. The van der Waals surface area contributed by atoms with Crippen LogP contribution in [0.3, 0.4) is 0 Å². The van der Waals surface area contributed by atoms with Crippen LogP contribution in [-0.2, 0) is 6.42 Å². The van der Waals surface area contributed by atoms with Gasteiger partial charge in [0.2, 0.25) is 0 Å². The first kappa shape index (κ1) is 15.5. The van der Waals surface area contributed by atoms with E-state index in [4.69, 9.17) is 0 Å². The molecule has 3 nitrogen and oxygen atoms in total. The number of urea groups is 1. The number of hydrogen-bond acceptors (Lipinski definition) is 1. The van der Waals surface area contributed by atoms with Crippen molar-refractivity contribution in [1.82, 2.24) is 10.6 Å². The molecule has 2 N–H and O–H groups in total. The Kier molecular flexibility index (Phi) is 4.12. The van der Waals surface area contributed by atoms with E-state index in [0.29, 0.717) is 6.54 Å². The highest BCUT2D eigenvalue weighted by Crippen LogP contribution is 2.55. The Bertz CT molecular complexity index is 548. The molecule has 23 heavy (non-hydrogen) atoms. The van der Waals surface area contributed by atoms with Crippen molar-refractivity contribution in [2.24, 2.45) is 17.8 Å². The molecule has 4 saturated carbocycles. The predicted octanol–water partition coefficient (Wildman–Crippen LogP) is 4.26. The quantitative estimate of drug-likeness (QED) is 0.809. The van der Waals surface area contributed by atoms with Crippen LogP contribution in [-0.4, -0.2) is 18.1 Å². The van der Waals surface area contributed by atoms with Crippen molar-refractivity contribution in [2.45, 2.75) is 50.5 Å². The summed E-state index contributed by atoms with van der Waals surface area (Å²) in [6.45, 7) is 0.694. The van der Waals surface area contributed by atoms with Gasteiger partial charge >= 0.3 is 6.03 Å². The highest BCUT2D eigenvalue weighted by molar-refractivity contribution is 9.10. The highest BCUT2D eigenvalue weighted by atomic mass is 79.9. The second-order valence-corrected chi connectivity index (χ2v) is 8.87. The van der Waals surface area contributed by atoms with E-state index in [1.54, 1.807) is 0 Å². The van der Waals surface area contributed by atoms with Crippen LogP contribution in [0.2, 0.25) is 0 Å². The van der Waals surface area contributed by atoms with Crippen LogP contribution in [0.15, 0.2) is 28.7 Å². The topological polar surface area (TPSA) is 41.1 Å². The lowest BCUT2D eigenvalue weighted by Crippen LogP contribution is -2.61. The molecule has 2 amide bonds. The fraction of sp³-hybridized carbons (Fsp3) is 0.632. The summed E-state index contributed by atoms with van der Waals surface area (Å²) in [5.41, 5.74) is 1.36. The number of halogens is 1. The van der Waals surface area contributed by atoms with E-state index < -0.39 is 0 Å². The molecule has 0 radical (unpaired) electrons. The van der Waals surface area contributed by atoms with Gasteiger partial charge in [-0.25, -0.2) is 4.79 Å². The van der Waals surface area contributed by atoms with Crippen molar-refractivity contribution in [3.05, 3.63) is 34.3 Å². The van der Waals surface area contributed by atoms with Crippen LogP contribution in [0, 0.1) is 17.8 Å². The van der Waals surface area contributed by atoms with Crippen molar-refractivity contribution in [2.75, 3.05) is 6.54 Å². The van der Waals surface area contributed by atoms with Crippen molar-refractivity contribution in [3.63, 3.8) is 0 Å². The second kappa shape index (κ2) is 6.12. The lowest BCUT2D eigenvalue weighted by Gasteiger charge is -2.56. The van der Waals surface area contributed by atoms with Crippen LogP contribution in [0.5, 0.6) is 0 Å². The number of carbonyl (C=O) groups excluding carboxylic acids is 1. The zero-order valence-electron chi connectivity index (χ0n) is 13.5. The molecule has 1 aromatic carbocycles. The summed E-state index contributed by atoms with van der Waals surface area (Å²) in [5, 5.41) is 6.42. The summed E-state index contributed by atoms with van der Waals surface area (Å²) in [6, 6.07) is 8.32. The lowest BCUT2D eigenvalue weighted by molar-refractivity contribution is -0.0135. The molecule has 4 bridgehead atoms. The average molecular weight is 377 g/mol. The fourth-order valence-corrected chi connectivity index (χ4v) is 5.78. The van der Waals surface area contributed by atoms with Gasteiger partial charge in [0.05, 0.1) is 0 Å². The molecule has 5 rings (SSSR count). The van der Waals surface area contributed by atoms with Gasteiger partial charge in [-0.05, 0) is 80.4 Å². The molecule has 4 aliphatic carbocycles. The molecular weight excluding hydrogens is 352 g/mol. The van der Waals surface area contributed by atoms with E-state index in [1.165, 1.54) is 44.1 Å². The Morgan fingerprint density at radius 1 is 1.04 bits per heavy atom. The van der Waals surface area contributed by atoms with Crippen LogP contribution < -0.4 is 10.6 Å². The Labute approximate surface area is 146 Å². The fourth-order valence-electron chi connectivity index (χ4n) is 5.52. The first-order valence-electron chi connectivity index (χ1n) is 8.91. The van der Waals surface area contributed by atoms with Gasteiger partial charge in [0.1, 0.15) is 0 Å². The van der Waals surface area contributed by atoms with Gasteiger partial charge in [-0.2, -0.15) is 0 Å². The Balaban J connectivity index is 1.28. The molecule has 1 aromatic rings. The zero-order valence-corrected chi connectivity index (χ0v) is 15.1.